The number of carbonyl (C=O) groups is 1. The molecule has 36 heavy (non-hydrogen) atoms. The van der Waals surface area contributed by atoms with Crippen LogP contribution in [0.3, 0.4) is 0 Å². The van der Waals surface area contributed by atoms with Crippen molar-refractivity contribution in [3.63, 3.8) is 0 Å². The lowest BCUT2D eigenvalue weighted by Gasteiger charge is -2.33. The van der Waals surface area contributed by atoms with Crippen LogP contribution in [0, 0.1) is 5.41 Å². The average molecular weight is 522 g/mol. The van der Waals surface area contributed by atoms with Gasteiger partial charge in [0.2, 0.25) is 10.0 Å². The van der Waals surface area contributed by atoms with Crippen molar-refractivity contribution >= 4 is 33.3 Å². The maximum atomic E-state index is 13.0. The molecule has 0 aliphatic carbocycles. The summed E-state index contributed by atoms with van der Waals surface area (Å²) in [5.41, 5.74) is -0.0768. The Balaban J connectivity index is 0.00000380. The third kappa shape index (κ3) is 7.63. The van der Waals surface area contributed by atoms with Gasteiger partial charge in [-0.15, -0.1) is 0 Å². The van der Waals surface area contributed by atoms with Crippen LogP contribution in [0.25, 0.3) is 0 Å². The fraction of sp³-hybridized carbons (Fsp3) is 0.720. The maximum Gasteiger partial charge on any atom is 0.270 e. The minimum atomic E-state index is -3.63. The Labute approximate surface area is 216 Å². The molecule has 11 heteroatoms. The number of nitrogens with zero attached hydrogens (tertiary/aromatic N) is 4. The van der Waals surface area contributed by atoms with Gasteiger partial charge in [0, 0.05) is 52.3 Å². The zero-order chi connectivity index (χ0) is 25.5. The van der Waals surface area contributed by atoms with Gasteiger partial charge in [-0.1, -0.05) is 12.8 Å². The fourth-order valence-electron chi connectivity index (χ4n) is 5.35. The van der Waals surface area contributed by atoms with Crippen molar-refractivity contribution in [1.29, 1.82) is 5.41 Å². The van der Waals surface area contributed by atoms with Crippen molar-refractivity contribution in [2.24, 2.45) is 0 Å². The molecule has 0 bridgehead atoms. The van der Waals surface area contributed by atoms with E-state index in [2.05, 4.69) is 29.7 Å². The van der Waals surface area contributed by atoms with E-state index in [1.165, 1.54) is 38.8 Å². The molecule has 0 radical (unpaired) electrons. The largest absolute Gasteiger partial charge is 0.357 e. The highest BCUT2D eigenvalue weighted by Crippen LogP contribution is 2.23. The zero-order valence-corrected chi connectivity index (χ0v) is 22.3. The molecule has 3 N–H and O–H groups in total. The van der Waals surface area contributed by atoms with E-state index in [1.807, 2.05) is 0 Å². The highest BCUT2D eigenvalue weighted by Gasteiger charge is 2.26. The second-order valence-corrected chi connectivity index (χ2v) is 12.1. The fourth-order valence-corrected chi connectivity index (χ4v) is 5.86. The van der Waals surface area contributed by atoms with E-state index in [4.69, 9.17) is 5.41 Å². The van der Waals surface area contributed by atoms with E-state index < -0.39 is 15.9 Å². The first kappa shape index (κ1) is 26.8. The van der Waals surface area contributed by atoms with Gasteiger partial charge in [-0.25, -0.2) is 13.4 Å². The Morgan fingerprint density at radius 2 is 1.56 bits per heavy atom. The van der Waals surface area contributed by atoms with Crippen molar-refractivity contribution in [3.8, 4) is 0 Å². The summed E-state index contributed by atoms with van der Waals surface area (Å²) in [7, 11) is -3.63. The summed E-state index contributed by atoms with van der Waals surface area (Å²) < 4.78 is 26.5. The lowest BCUT2D eigenvalue weighted by atomic mass is 10.0. The number of rotatable bonds is 9. The number of carbonyl (C=O) groups excluding carboxylic acids is 1. The van der Waals surface area contributed by atoms with Crippen molar-refractivity contribution in [3.05, 3.63) is 17.7 Å². The van der Waals surface area contributed by atoms with E-state index in [-0.39, 0.29) is 24.6 Å². The Kier molecular flexibility index (Phi) is 9.19. The quantitative estimate of drug-likeness (QED) is 0.426. The summed E-state index contributed by atoms with van der Waals surface area (Å²) in [6.45, 7) is 8.17. The molecule has 0 saturated carbocycles. The molecule has 3 aliphatic rings. The molecule has 4 rings (SSSR count). The van der Waals surface area contributed by atoms with Gasteiger partial charge in [0.05, 0.1) is 6.26 Å². The molecule has 3 saturated heterocycles. The Hall–Kier alpha value is -2.24. The molecule has 0 atom stereocenters. The summed E-state index contributed by atoms with van der Waals surface area (Å²) in [4.78, 5) is 24.6. The van der Waals surface area contributed by atoms with Crippen molar-refractivity contribution < 1.29 is 14.6 Å². The minimum Gasteiger partial charge on any atom is -0.357 e. The number of piperidine rings is 1. The van der Waals surface area contributed by atoms with Crippen LogP contribution in [0.4, 0.5) is 11.6 Å². The number of pyridine rings is 1. The lowest BCUT2D eigenvalue weighted by molar-refractivity contribution is -0.115. The van der Waals surface area contributed by atoms with E-state index in [1.54, 1.807) is 12.1 Å². The van der Waals surface area contributed by atoms with Crippen LogP contribution < -0.4 is 14.9 Å². The molecular formula is C25H43N7O3S. The lowest BCUT2D eigenvalue weighted by Crippen LogP contribution is -2.47. The molecule has 3 fully saturated rings. The zero-order valence-electron chi connectivity index (χ0n) is 21.5. The predicted octanol–water partition coefficient (Wildman–Crippen LogP) is 2.12. The number of sulfonamides is 1. The van der Waals surface area contributed by atoms with Gasteiger partial charge in [-0.05, 0) is 63.7 Å². The van der Waals surface area contributed by atoms with E-state index >= 15 is 0 Å². The first-order chi connectivity index (χ1) is 17.3. The second-order valence-electron chi connectivity index (χ2n) is 10.4. The maximum absolute atomic E-state index is 13.0. The Morgan fingerprint density at radius 3 is 2.17 bits per heavy atom. The normalized spacial score (nSPS) is 20.8. The molecule has 0 aromatic carbocycles. The van der Waals surface area contributed by atoms with E-state index in [9.17, 15) is 13.2 Å². The number of hydrogen-bond acceptors (Lipinski definition) is 8. The Morgan fingerprint density at radius 1 is 0.972 bits per heavy atom. The molecular weight excluding hydrogens is 478 g/mol. The smallest absolute Gasteiger partial charge is 0.270 e. The van der Waals surface area contributed by atoms with Crippen molar-refractivity contribution in [2.45, 2.75) is 57.4 Å². The third-order valence-corrected chi connectivity index (χ3v) is 8.01. The summed E-state index contributed by atoms with van der Waals surface area (Å²) >= 11 is 0. The number of anilines is 2. The number of amides is 1. The molecule has 1 aromatic heterocycles. The topological polar surface area (TPSA) is 122 Å². The molecule has 10 nitrogen and oxygen atoms in total. The molecule has 1 aromatic rings. The van der Waals surface area contributed by atoms with E-state index in [0.717, 1.165) is 71.2 Å². The van der Waals surface area contributed by atoms with Crippen LogP contribution in [0.5, 0.6) is 0 Å². The first-order valence-corrected chi connectivity index (χ1v) is 15.3. The molecule has 1 amide bonds. The first-order valence-electron chi connectivity index (χ1n) is 13.4. The van der Waals surface area contributed by atoms with Crippen molar-refractivity contribution in [2.75, 3.05) is 68.2 Å². The van der Waals surface area contributed by atoms with E-state index in [0.29, 0.717) is 5.82 Å². The summed E-state index contributed by atoms with van der Waals surface area (Å²) in [5, 5.41) is 11.5. The average Bonchev–Trinajstić information content (AvgIpc) is 3.22. The molecule has 0 unspecified atom stereocenters. The number of hydrogen-bond donors (Lipinski definition) is 3. The third-order valence-electron chi connectivity index (χ3n) is 7.44. The van der Waals surface area contributed by atoms with Gasteiger partial charge in [-0.3, -0.25) is 14.9 Å². The summed E-state index contributed by atoms with van der Waals surface area (Å²) in [6.07, 6.45) is 9.82. The van der Waals surface area contributed by atoms with Gasteiger partial charge in [0.25, 0.3) is 5.91 Å². The van der Waals surface area contributed by atoms with Gasteiger partial charge in [-0.2, -0.15) is 0 Å². The number of aromatic nitrogens is 1. The van der Waals surface area contributed by atoms with Gasteiger partial charge >= 0.3 is 0 Å². The standard InChI is InChI=1S/C25H41N7O3S.H2/c1-36(34,35)29-24-21(8-9-22(28-24)32-14-4-2-3-5-15-32)23(26)25(33)27-20-10-16-31(17-11-20)19-18-30-12-6-7-13-30;/h8-9,20,26H,2-7,10-19H2,1H3,(H,27,33)(H,28,29);1H. The van der Waals surface area contributed by atoms with Gasteiger partial charge < -0.3 is 20.0 Å². The SMILES string of the molecule is CS(=O)(=O)Nc1nc(N2CCCCCC2)ccc1C(=N)C(=O)NC1CCN(CCN2CCCC2)CC1.[HH]. The summed E-state index contributed by atoms with van der Waals surface area (Å²) in [6, 6.07) is 3.44. The van der Waals surface area contributed by atoms with Crippen LogP contribution >= 0.6 is 0 Å². The highest BCUT2D eigenvalue weighted by molar-refractivity contribution is 7.92. The predicted molar refractivity (Wildman–Crippen MR) is 146 cm³/mol. The van der Waals surface area contributed by atoms with Crippen LogP contribution in [-0.2, 0) is 14.8 Å². The second kappa shape index (κ2) is 12.3. The number of likely N-dealkylation sites (tertiary alicyclic amines) is 2. The highest BCUT2D eigenvalue weighted by atomic mass is 32.2. The summed E-state index contributed by atoms with van der Waals surface area (Å²) in [5.74, 6) is 0.212. The monoisotopic (exact) mass is 521 g/mol. The van der Waals surface area contributed by atoms with Gasteiger partial charge in [0.1, 0.15) is 11.5 Å². The molecule has 202 valence electrons. The van der Waals surface area contributed by atoms with Crippen LogP contribution in [0.2, 0.25) is 0 Å². The van der Waals surface area contributed by atoms with Gasteiger partial charge in [0.15, 0.2) is 5.82 Å². The molecule has 0 spiro atoms. The van der Waals surface area contributed by atoms with Crippen molar-refractivity contribution in [1.82, 2.24) is 20.1 Å². The van der Waals surface area contributed by atoms with Crippen LogP contribution in [0.1, 0.15) is 58.4 Å². The number of nitrogens with one attached hydrogen (secondary N) is 3. The molecule has 4 heterocycles. The Bertz CT molecular complexity index is 1020. The van der Waals surface area contributed by atoms with Crippen LogP contribution in [-0.4, -0.2) is 99.5 Å². The molecule has 3 aliphatic heterocycles. The minimum absolute atomic E-state index is 0. The van der Waals surface area contributed by atoms with Crippen LogP contribution in [0.15, 0.2) is 12.1 Å².